The summed E-state index contributed by atoms with van der Waals surface area (Å²) < 4.78 is 0. The fourth-order valence-electron chi connectivity index (χ4n) is 2.71. The van der Waals surface area contributed by atoms with Crippen LogP contribution in [0.5, 0.6) is 0 Å². The monoisotopic (exact) mass is 268 g/mol. The Kier molecular flexibility index (Phi) is 3.23. The summed E-state index contributed by atoms with van der Waals surface area (Å²) in [6, 6.07) is 8.86. The molecule has 1 aromatic heterocycles. The number of H-pyrrole nitrogens is 1. The van der Waals surface area contributed by atoms with Gasteiger partial charge in [0.25, 0.3) is 0 Å². The molecule has 0 aliphatic heterocycles. The van der Waals surface area contributed by atoms with Gasteiger partial charge in [-0.3, -0.25) is 0 Å². The smallest absolute Gasteiger partial charge is 0.104 e. The highest BCUT2D eigenvalue weighted by molar-refractivity contribution is 5.75. The maximum atomic E-state index is 9.12. The van der Waals surface area contributed by atoms with Crippen LogP contribution in [-0.4, -0.2) is 35.0 Å². The standard InChI is InChI=1S/C16H20N4/c1-12-18-14-4-3-13(9-15(14)19-12)5-8-20(2)11-16(10-17)6-7-16/h3-4,9H,5-8,11H2,1-2H3,(H,18,19). The van der Waals surface area contributed by atoms with Crippen molar-refractivity contribution in [2.24, 2.45) is 5.41 Å². The second-order valence-corrected chi connectivity index (χ2v) is 6.05. The van der Waals surface area contributed by atoms with Crippen LogP contribution in [0.2, 0.25) is 0 Å². The first-order valence-electron chi connectivity index (χ1n) is 7.15. The third-order valence-electron chi connectivity index (χ3n) is 4.11. The van der Waals surface area contributed by atoms with Gasteiger partial charge in [0, 0.05) is 13.1 Å². The molecule has 1 fully saturated rings. The summed E-state index contributed by atoms with van der Waals surface area (Å²) >= 11 is 0. The predicted molar refractivity (Wildman–Crippen MR) is 79.3 cm³/mol. The quantitative estimate of drug-likeness (QED) is 0.907. The fourth-order valence-corrected chi connectivity index (χ4v) is 2.71. The van der Waals surface area contributed by atoms with E-state index in [0.717, 1.165) is 49.2 Å². The van der Waals surface area contributed by atoms with Crippen molar-refractivity contribution in [2.75, 3.05) is 20.1 Å². The molecule has 0 amide bonds. The predicted octanol–water partition coefficient (Wildman–Crippen LogP) is 2.65. The van der Waals surface area contributed by atoms with Crippen molar-refractivity contribution < 1.29 is 0 Å². The average molecular weight is 268 g/mol. The molecule has 0 radical (unpaired) electrons. The average Bonchev–Trinajstić information content (AvgIpc) is 3.09. The first-order chi connectivity index (χ1) is 9.60. The van der Waals surface area contributed by atoms with Crippen LogP contribution >= 0.6 is 0 Å². The topological polar surface area (TPSA) is 55.7 Å². The summed E-state index contributed by atoms with van der Waals surface area (Å²) in [5.41, 5.74) is 3.41. The number of aryl methyl sites for hydroxylation is 1. The van der Waals surface area contributed by atoms with Gasteiger partial charge in [0.1, 0.15) is 5.82 Å². The third kappa shape index (κ3) is 2.68. The number of imidazole rings is 1. The number of fused-ring (bicyclic) bond motifs is 1. The van der Waals surface area contributed by atoms with Crippen LogP contribution in [0.3, 0.4) is 0 Å². The molecule has 4 nitrogen and oxygen atoms in total. The molecule has 4 heteroatoms. The third-order valence-corrected chi connectivity index (χ3v) is 4.11. The van der Waals surface area contributed by atoms with E-state index in [-0.39, 0.29) is 5.41 Å². The summed E-state index contributed by atoms with van der Waals surface area (Å²) in [7, 11) is 2.11. The van der Waals surface area contributed by atoms with Gasteiger partial charge in [-0.2, -0.15) is 5.26 Å². The highest BCUT2D eigenvalue weighted by atomic mass is 15.1. The zero-order valence-electron chi connectivity index (χ0n) is 12.1. The van der Waals surface area contributed by atoms with Crippen molar-refractivity contribution in [3.63, 3.8) is 0 Å². The lowest BCUT2D eigenvalue weighted by Crippen LogP contribution is -2.28. The van der Waals surface area contributed by atoms with Gasteiger partial charge in [0.2, 0.25) is 0 Å². The zero-order valence-corrected chi connectivity index (χ0v) is 12.1. The van der Waals surface area contributed by atoms with Gasteiger partial charge in [0.15, 0.2) is 0 Å². The summed E-state index contributed by atoms with van der Waals surface area (Å²) in [6.45, 7) is 3.86. The number of aromatic amines is 1. The van der Waals surface area contributed by atoms with Crippen LogP contribution in [-0.2, 0) is 6.42 Å². The van der Waals surface area contributed by atoms with Gasteiger partial charge in [-0.1, -0.05) is 6.07 Å². The van der Waals surface area contributed by atoms with Crippen molar-refractivity contribution in [1.29, 1.82) is 5.26 Å². The minimum atomic E-state index is -0.0425. The fraction of sp³-hybridized carbons (Fsp3) is 0.500. The molecule has 1 aromatic carbocycles. The van der Waals surface area contributed by atoms with E-state index in [4.69, 9.17) is 5.26 Å². The molecule has 20 heavy (non-hydrogen) atoms. The van der Waals surface area contributed by atoms with E-state index in [0.29, 0.717) is 0 Å². The molecular formula is C16H20N4. The summed E-state index contributed by atoms with van der Waals surface area (Å²) in [5, 5.41) is 9.12. The lowest BCUT2D eigenvalue weighted by atomic mass is 10.1. The van der Waals surface area contributed by atoms with Crippen molar-refractivity contribution in [1.82, 2.24) is 14.9 Å². The van der Waals surface area contributed by atoms with Crippen molar-refractivity contribution in [3.05, 3.63) is 29.6 Å². The molecule has 1 saturated carbocycles. The summed E-state index contributed by atoms with van der Waals surface area (Å²) in [4.78, 5) is 9.97. The first kappa shape index (κ1) is 13.1. The maximum absolute atomic E-state index is 9.12. The van der Waals surface area contributed by atoms with E-state index in [2.05, 4.69) is 46.2 Å². The molecule has 1 aliphatic carbocycles. The lowest BCUT2D eigenvalue weighted by Gasteiger charge is -2.19. The van der Waals surface area contributed by atoms with E-state index < -0.39 is 0 Å². The number of hydrogen-bond donors (Lipinski definition) is 1. The van der Waals surface area contributed by atoms with Gasteiger partial charge in [-0.15, -0.1) is 0 Å². The molecule has 2 aromatic rings. The summed E-state index contributed by atoms with van der Waals surface area (Å²) in [5.74, 6) is 0.957. The summed E-state index contributed by atoms with van der Waals surface area (Å²) in [6.07, 6.45) is 3.13. The Morgan fingerprint density at radius 2 is 2.25 bits per heavy atom. The second-order valence-electron chi connectivity index (χ2n) is 6.05. The van der Waals surface area contributed by atoms with Crippen LogP contribution < -0.4 is 0 Å². The van der Waals surface area contributed by atoms with E-state index >= 15 is 0 Å². The van der Waals surface area contributed by atoms with E-state index in [9.17, 15) is 0 Å². The van der Waals surface area contributed by atoms with Crippen LogP contribution in [0, 0.1) is 23.7 Å². The molecular weight excluding hydrogens is 248 g/mol. The Labute approximate surface area is 119 Å². The van der Waals surface area contributed by atoms with Crippen molar-refractivity contribution >= 4 is 11.0 Å². The van der Waals surface area contributed by atoms with Crippen LogP contribution in [0.15, 0.2) is 18.2 Å². The van der Waals surface area contributed by atoms with Gasteiger partial charge in [0.05, 0.1) is 22.5 Å². The number of likely N-dealkylation sites (N-methyl/N-ethyl adjacent to an activating group) is 1. The molecule has 1 heterocycles. The number of aromatic nitrogens is 2. The van der Waals surface area contributed by atoms with Crippen LogP contribution in [0.1, 0.15) is 24.2 Å². The van der Waals surface area contributed by atoms with Gasteiger partial charge >= 0.3 is 0 Å². The van der Waals surface area contributed by atoms with Crippen LogP contribution in [0.25, 0.3) is 11.0 Å². The molecule has 1 aliphatic rings. The molecule has 0 bridgehead atoms. The Balaban J connectivity index is 1.60. The highest BCUT2D eigenvalue weighted by Crippen LogP contribution is 2.45. The largest absolute Gasteiger partial charge is 0.342 e. The van der Waals surface area contributed by atoms with Gasteiger partial charge in [-0.25, -0.2) is 4.98 Å². The minimum absolute atomic E-state index is 0.0425. The number of nitrogens with one attached hydrogen (secondary N) is 1. The van der Waals surface area contributed by atoms with E-state index in [1.807, 2.05) is 6.92 Å². The number of nitriles is 1. The lowest BCUT2D eigenvalue weighted by molar-refractivity contribution is 0.297. The molecule has 0 atom stereocenters. The van der Waals surface area contributed by atoms with Crippen molar-refractivity contribution in [3.8, 4) is 6.07 Å². The number of nitrogens with zero attached hydrogens (tertiary/aromatic N) is 3. The van der Waals surface area contributed by atoms with E-state index in [1.54, 1.807) is 0 Å². The van der Waals surface area contributed by atoms with Crippen molar-refractivity contribution in [2.45, 2.75) is 26.2 Å². The molecule has 1 N–H and O–H groups in total. The van der Waals surface area contributed by atoms with E-state index in [1.165, 1.54) is 5.56 Å². The molecule has 0 unspecified atom stereocenters. The van der Waals surface area contributed by atoms with Gasteiger partial charge in [-0.05, 0) is 50.9 Å². The Morgan fingerprint density at radius 1 is 1.45 bits per heavy atom. The zero-order chi connectivity index (χ0) is 14.2. The van der Waals surface area contributed by atoms with Gasteiger partial charge < -0.3 is 9.88 Å². The molecule has 104 valence electrons. The Morgan fingerprint density at radius 3 is 2.95 bits per heavy atom. The SMILES string of the molecule is Cc1nc2ccc(CCN(C)CC3(C#N)CC3)cc2[nH]1. The highest BCUT2D eigenvalue weighted by Gasteiger charge is 2.43. The Hall–Kier alpha value is -1.86. The molecule has 0 spiro atoms. The number of hydrogen-bond acceptors (Lipinski definition) is 3. The minimum Gasteiger partial charge on any atom is -0.342 e. The Bertz CT molecular complexity index is 661. The molecule has 0 saturated heterocycles. The second kappa shape index (κ2) is 4.92. The maximum Gasteiger partial charge on any atom is 0.104 e. The first-order valence-corrected chi connectivity index (χ1v) is 7.15. The van der Waals surface area contributed by atoms with Crippen LogP contribution in [0.4, 0.5) is 0 Å². The number of benzene rings is 1. The molecule has 3 rings (SSSR count). The number of rotatable bonds is 5. The normalized spacial score (nSPS) is 16.5.